The first-order valence-corrected chi connectivity index (χ1v) is 6.25. The summed E-state index contributed by atoms with van der Waals surface area (Å²) in [7, 11) is 0. The van der Waals surface area contributed by atoms with Gasteiger partial charge in [-0.2, -0.15) is 0 Å². The number of fused-ring (bicyclic) bond motifs is 1. The third kappa shape index (κ3) is 1.80. The summed E-state index contributed by atoms with van der Waals surface area (Å²) in [6, 6.07) is 8.06. The van der Waals surface area contributed by atoms with Crippen molar-refractivity contribution < 1.29 is 4.79 Å². The monoisotopic (exact) mass is 248 g/mol. The predicted octanol–water partition coefficient (Wildman–Crippen LogP) is 2.76. The lowest BCUT2D eigenvalue weighted by molar-refractivity contribution is -0.117. The van der Waals surface area contributed by atoms with Crippen LogP contribution in [-0.2, 0) is 4.79 Å². The van der Waals surface area contributed by atoms with Crippen molar-refractivity contribution in [3.8, 4) is 0 Å². The van der Waals surface area contributed by atoms with Gasteiger partial charge < -0.3 is 9.88 Å². The van der Waals surface area contributed by atoms with Gasteiger partial charge in [-0.1, -0.05) is 6.07 Å². The van der Waals surface area contributed by atoms with Crippen LogP contribution in [0.2, 0.25) is 0 Å². The number of hydrogen-bond donors (Lipinski definition) is 1. The van der Waals surface area contributed by atoms with Crippen LogP contribution in [0.15, 0.2) is 30.5 Å². The highest BCUT2D eigenvalue weighted by Crippen LogP contribution is 2.28. The minimum absolute atomic E-state index is 0.168. The summed E-state index contributed by atoms with van der Waals surface area (Å²) in [6.07, 6.45) is 2.47. The van der Waals surface area contributed by atoms with E-state index >= 15 is 0 Å². The van der Waals surface area contributed by atoms with Crippen LogP contribution in [0, 0.1) is 5.92 Å². The van der Waals surface area contributed by atoms with Crippen LogP contribution in [0.3, 0.4) is 0 Å². The van der Waals surface area contributed by atoms with Crippen molar-refractivity contribution in [2.45, 2.75) is 6.42 Å². The third-order valence-electron chi connectivity index (χ3n) is 3.27. The standard InChI is InChI=1S/C13H13ClN2O/c14-7-9-5-13(17)16(8-9)11-2-1-10-3-4-15-12(10)6-11/h1-4,6,9,15H,5,7-8H2. The molecule has 1 atom stereocenters. The lowest BCUT2D eigenvalue weighted by Gasteiger charge is -2.16. The van der Waals surface area contributed by atoms with Gasteiger partial charge in [0.05, 0.1) is 0 Å². The molecule has 4 heteroatoms. The summed E-state index contributed by atoms with van der Waals surface area (Å²) < 4.78 is 0. The maximum Gasteiger partial charge on any atom is 0.227 e. The fourth-order valence-corrected chi connectivity index (χ4v) is 2.54. The van der Waals surface area contributed by atoms with Gasteiger partial charge in [-0.05, 0) is 29.5 Å². The molecule has 1 aliphatic heterocycles. The number of amides is 1. The number of rotatable bonds is 2. The Hall–Kier alpha value is -1.48. The second-order valence-electron chi connectivity index (χ2n) is 4.48. The normalized spacial score (nSPS) is 20.4. The molecule has 2 heterocycles. The van der Waals surface area contributed by atoms with E-state index in [0.717, 1.165) is 23.1 Å². The van der Waals surface area contributed by atoms with Gasteiger partial charge in [0.25, 0.3) is 0 Å². The Morgan fingerprint density at radius 1 is 1.41 bits per heavy atom. The quantitative estimate of drug-likeness (QED) is 0.815. The first-order valence-electron chi connectivity index (χ1n) is 5.71. The number of anilines is 1. The number of carbonyl (C=O) groups is 1. The maximum absolute atomic E-state index is 11.9. The fourth-order valence-electron chi connectivity index (χ4n) is 2.34. The van der Waals surface area contributed by atoms with Gasteiger partial charge in [-0.25, -0.2) is 0 Å². The van der Waals surface area contributed by atoms with E-state index in [2.05, 4.69) is 4.98 Å². The van der Waals surface area contributed by atoms with Crippen molar-refractivity contribution in [1.29, 1.82) is 0 Å². The van der Waals surface area contributed by atoms with E-state index in [-0.39, 0.29) is 11.8 Å². The van der Waals surface area contributed by atoms with Gasteiger partial charge in [-0.3, -0.25) is 4.79 Å². The lowest BCUT2D eigenvalue weighted by Crippen LogP contribution is -2.24. The molecule has 1 aromatic heterocycles. The van der Waals surface area contributed by atoms with E-state index in [4.69, 9.17) is 11.6 Å². The SMILES string of the molecule is O=C1CC(CCl)CN1c1ccc2cc[nH]c2c1. The second kappa shape index (κ2) is 4.08. The van der Waals surface area contributed by atoms with Crippen molar-refractivity contribution in [3.63, 3.8) is 0 Å². The Bertz CT molecular complexity index is 563. The summed E-state index contributed by atoms with van der Waals surface area (Å²) in [4.78, 5) is 16.9. The second-order valence-corrected chi connectivity index (χ2v) is 4.79. The smallest absolute Gasteiger partial charge is 0.227 e. The zero-order valence-electron chi connectivity index (χ0n) is 9.32. The minimum Gasteiger partial charge on any atom is -0.361 e. The molecular weight excluding hydrogens is 236 g/mol. The van der Waals surface area contributed by atoms with E-state index in [9.17, 15) is 4.79 Å². The third-order valence-corrected chi connectivity index (χ3v) is 3.71. The molecule has 0 saturated carbocycles. The molecule has 17 heavy (non-hydrogen) atoms. The molecule has 0 radical (unpaired) electrons. The van der Waals surface area contributed by atoms with Crippen molar-refractivity contribution in [2.75, 3.05) is 17.3 Å². The van der Waals surface area contributed by atoms with Crippen LogP contribution < -0.4 is 4.90 Å². The number of H-pyrrole nitrogens is 1. The summed E-state index contributed by atoms with van der Waals surface area (Å²) in [6.45, 7) is 0.731. The van der Waals surface area contributed by atoms with E-state index in [1.165, 1.54) is 0 Å². The number of aromatic amines is 1. The molecule has 1 fully saturated rings. The van der Waals surface area contributed by atoms with Gasteiger partial charge in [-0.15, -0.1) is 11.6 Å². The highest BCUT2D eigenvalue weighted by atomic mass is 35.5. The highest BCUT2D eigenvalue weighted by Gasteiger charge is 2.29. The molecule has 1 N–H and O–H groups in total. The van der Waals surface area contributed by atoms with Gasteiger partial charge in [0, 0.05) is 36.2 Å². The van der Waals surface area contributed by atoms with E-state index in [1.54, 1.807) is 0 Å². The molecule has 3 nitrogen and oxygen atoms in total. The number of nitrogens with one attached hydrogen (secondary N) is 1. The summed E-state index contributed by atoms with van der Waals surface area (Å²) in [5.74, 6) is 0.998. The average Bonchev–Trinajstić information content (AvgIpc) is 2.93. The maximum atomic E-state index is 11.9. The number of halogens is 1. The number of carbonyl (C=O) groups excluding carboxylic acids is 1. The summed E-state index contributed by atoms with van der Waals surface area (Å²) in [5, 5.41) is 1.16. The molecule has 88 valence electrons. The fraction of sp³-hybridized carbons (Fsp3) is 0.308. The first-order chi connectivity index (χ1) is 8.28. The van der Waals surface area contributed by atoms with Gasteiger partial charge in [0.15, 0.2) is 0 Å². The molecule has 1 unspecified atom stereocenters. The Kier molecular flexibility index (Phi) is 2.56. The Morgan fingerprint density at radius 3 is 3.06 bits per heavy atom. The Morgan fingerprint density at radius 2 is 2.29 bits per heavy atom. The van der Waals surface area contributed by atoms with Crippen LogP contribution in [0.1, 0.15) is 6.42 Å². The van der Waals surface area contributed by atoms with Crippen molar-refractivity contribution in [2.24, 2.45) is 5.92 Å². The topological polar surface area (TPSA) is 36.1 Å². The molecule has 0 spiro atoms. The molecule has 3 rings (SSSR count). The largest absolute Gasteiger partial charge is 0.361 e. The number of alkyl halides is 1. The van der Waals surface area contributed by atoms with Crippen molar-refractivity contribution in [3.05, 3.63) is 30.5 Å². The number of nitrogens with zero attached hydrogens (tertiary/aromatic N) is 1. The number of aromatic nitrogens is 1. The molecule has 0 bridgehead atoms. The van der Waals surface area contributed by atoms with Crippen LogP contribution in [0.5, 0.6) is 0 Å². The van der Waals surface area contributed by atoms with E-state index in [1.807, 2.05) is 35.4 Å². The number of benzene rings is 1. The molecule has 0 aliphatic carbocycles. The Balaban J connectivity index is 1.95. The van der Waals surface area contributed by atoms with Crippen LogP contribution in [0.25, 0.3) is 10.9 Å². The van der Waals surface area contributed by atoms with Crippen LogP contribution in [-0.4, -0.2) is 23.3 Å². The molecule has 1 aliphatic rings. The van der Waals surface area contributed by atoms with Gasteiger partial charge >= 0.3 is 0 Å². The summed E-state index contributed by atoms with van der Waals surface area (Å²) in [5.41, 5.74) is 2.02. The molecule has 1 saturated heterocycles. The van der Waals surface area contributed by atoms with Crippen molar-refractivity contribution in [1.82, 2.24) is 4.98 Å². The minimum atomic E-state index is 0.168. The zero-order valence-corrected chi connectivity index (χ0v) is 10.1. The van der Waals surface area contributed by atoms with E-state index in [0.29, 0.717) is 12.3 Å². The summed E-state index contributed by atoms with van der Waals surface area (Å²) >= 11 is 5.82. The number of hydrogen-bond acceptors (Lipinski definition) is 1. The van der Waals surface area contributed by atoms with Gasteiger partial charge in [0.2, 0.25) is 5.91 Å². The van der Waals surface area contributed by atoms with E-state index < -0.39 is 0 Å². The highest BCUT2D eigenvalue weighted by molar-refractivity contribution is 6.18. The van der Waals surface area contributed by atoms with Gasteiger partial charge in [0.1, 0.15) is 0 Å². The molecule has 2 aromatic rings. The lowest BCUT2D eigenvalue weighted by atomic mass is 10.1. The zero-order chi connectivity index (χ0) is 11.8. The molecule has 1 aromatic carbocycles. The van der Waals surface area contributed by atoms with Crippen LogP contribution in [0.4, 0.5) is 5.69 Å². The molecule has 1 amide bonds. The predicted molar refractivity (Wildman–Crippen MR) is 69.5 cm³/mol. The van der Waals surface area contributed by atoms with Crippen molar-refractivity contribution >= 4 is 34.1 Å². The molecular formula is C13H13ClN2O. The Labute approximate surface area is 104 Å². The first kappa shape index (κ1) is 10.7. The van der Waals surface area contributed by atoms with Crippen LogP contribution >= 0.6 is 11.6 Å². The average molecular weight is 249 g/mol.